The van der Waals surface area contributed by atoms with E-state index < -0.39 is 78.4 Å². The summed E-state index contributed by atoms with van der Waals surface area (Å²) in [4.78, 5) is 130. The maximum absolute atomic E-state index is 14.4. The number of halogens is 2. The van der Waals surface area contributed by atoms with Gasteiger partial charge in [-0.2, -0.15) is 8.78 Å². The zero-order valence-corrected chi connectivity index (χ0v) is 40.0. The first-order valence-corrected chi connectivity index (χ1v) is 25.3. The highest BCUT2D eigenvalue weighted by Crippen LogP contribution is 2.59. The van der Waals surface area contributed by atoms with Crippen molar-refractivity contribution in [1.29, 1.82) is 0 Å². The minimum atomic E-state index is -5.85. The molecule has 0 bridgehead atoms. The Morgan fingerprint density at radius 2 is 1.75 bits per heavy atom. The third-order valence-corrected chi connectivity index (χ3v) is 14.5. The molecule has 3 fully saturated rings. The van der Waals surface area contributed by atoms with Crippen molar-refractivity contribution in [2.75, 3.05) is 26.7 Å². The zero-order chi connectivity index (χ0) is 51.2. The molecule has 9 N–H and O–H groups in total. The SMILES string of the molecule is CN1CC[C@H]2CC[C@@H](C(=O)N[C@@H](CCC(N)=O)C(=O)NCCCCCCCC#Cc3cccc4c3CN(C3CCC(=O)NC3=O)C4=O)N2C(=O)[C@@H](NC(=O)c2cc3cc(C(F)(F)P(=O)(O)O)ccc3[nH]2)C1. The summed E-state index contributed by atoms with van der Waals surface area (Å²) in [5.41, 5.74) is 2.12. The quantitative estimate of drug-likeness (QED) is 0.0394. The summed E-state index contributed by atoms with van der Waals surface area (Å²) >= 11 is 0. The van der Waals surface area contributed by atoms with E-state index in [-0.39, 0.29) is 79.6 Å². The van der Waals surface area contributed by atoms with Gasteiger partial charge >= 0.3 is 13.3 Å². The Morgan fingerprint density at radius 1 is 0.986 bits per heavy atom. The number of nitrogens with one attached hydrogen (secondary N) is 5. The molecule has 5 atom stereocenters. The molecule has 0 radical (unpaired) electrons. The number of carbonyl (C=O) groups excluding carboxylic acids is 8. The van der Waals surface area contributed by atoms with Crippen molar-refractivity contribution < 1.29 is 61.5 Å². The first-order valence-electron chi connectivity index (χ1n) is 23.7. The van der Waals surface area contributed by atoms with Crippen LogP contribution in [0.25, 0.3) is 10.9 Å². The molecule has 0 spiro atoms. The normalized spacial score (nSPS) is 21.1. The number of unbranched alkanes of at least 4 members (excludes halogenated alkanes) is 5. The van der Waals surface area contributed by atoms with Crippen molar-refractivity contribution in [2.45, 2.75) is 126 Å². The Labute approximate surface area is 407 Å². The van der Waals surface area contributed by atoms with Gasteiger partial charge in [-0.1, -0.05) is 43.2 Å². The number of aromatic amines is 1. The van der Waals surface area contributed by atoms with Gasteiger partial charge in [0, 0.05) is 72.5 Å². The second-order valence-corrected chi connectivity index (χ2v) is 20.2. The van der Waals surface area contributed by atoms with Crippen molar-refractivity contribution >= 4 is 65.8 Å². The van der Waals surface area contributed by atoms with Crippen LogP contribution in [0.3, 0.4) is 0 Å². The molecule has 2 aromatic carbocycles. The van der Waals surface area contributed by atoms with Gasteiger partial charge in [0.25, 0.3) is 11.8 Å². The Balaban J connectivity index is 0.883. The molecular formula is C48H58F2N9O11P. The average Bonchev–Trinajstić information content (AvgIpc) is 4.04. The number of carbonyl (C=O) groups is 8. The number of primary amides is 1. The summed E-state index contributed by atoms with van der Waals surface area (Å²) in [5, 5.41) is 10.7. The molecule has 8 amide bonds. The fourth-order valence-corrected chi connectivity index (χ4v) is 10.1. The number of amides is 8. The first-order chi connectivity index (χ1) is 33.7. The number of benzene rings is 2. The van der Waals surface area contributed by atoms with Crippen molar-refractivity contribution in [3.8, 4) is 11.8 Å². The summed E-state index contributed by atoms with van der Waals surface area (Å²) in [5.74, 6) is 2.20. The number of alkyl halides is 2. The van der Waals surface area contributed by atoms with Crippen molar-refractivity contribution in [1.82, 2.24) is 41.0 Å². The van der Waals surface area contributed by atoms with E-state index in [1.165, 1.54) is 15.9 Å². The number of fused-ring (bicyclic) bond motifs is 3. The van der Waals surface area contributed by atoms with Crippen LogP contribution in [0.5, 0.6) is 0 Å². The van der Waals surface area contributed by atoms with Gasteiger partial charge in [-0.05, 0) is 94.4 Å². The lowest BCUT2D eigenvalue weighted by molar-refractivity contribution is -0.144. The molecule has 4 aliphatic heterocycles. The Morgan fingerprint density at radius 3 is 2.49 bits per heavy atom. The van der Waals surface area contributed by atoms with Gasteiger partial charge in [0.1, 0.15) is 29.9 Å². The molecule has 1 unspecified atom stereocenters. The van der Waals surface area contributed by atoms with Crippen LogP contribution < -0.4 is 27.0 Å². The highest BCUT2D eigenvalue weighted by molar-refractivity contribution is 7.52. The van der Waals surface area contributed by atoms with Crippen LogP contribution in [0.15, 0.2) is 42.5 Å². The molecular weight excluding hydrogens is 948 g/mol. The predicted octanol–water partition coefficient (Wildman–Crippen LogP) is 2.21. The summed E-state index contributed by atoms with van der Waals surface area (Å²) in [6, 6.07) is 5.04. The minimum absolute atomic E-state index is 0.0641. The molecule has 7 rings (SSSR count). The van der Waals surface area contributed by atoms with Crippen molar-refractivity contribution in [3.05, 3.63) is 70.4 Å². The smallest absolute Gasteiger partial charge is 0.370 e. The minimum Gasteiger partial charge on any atom is -0.370 e. The number of piperidine rings is 1. The summed E-state index contributed by atoms with van der Waals surface area (Å²) in [7, 11) is -4.07. The number of hydrogen-bond donors (Lipinski definition) is 8. The maximum atomic E-state index is 14.4. The third kappa shape index (κ3) is 12.2. The van der Waals surface area contributed by atoms with Crippen LogP contribution in [0.1, 0.15) is 121 Å². The van der Waals surface area contributed by atoms with Gasteiger partial charge in [-0.3, -0.25) is 48.2 Å². The summed E-state index contributed by atoms with van der Waals surface area (Å²) < 4.78 is 40.3. The molecule has 0 saturated carbocycles. The second kappa shape index (κ2) is 22.3. The molecule has 3 saturated heterocycles. The number of hydrogen-bond acceptors (Lipinski definition) is 10. The van der Waals surface area contributed by atoms with E-state index in [0.717, 1.165) is 55.0 Å². The van der Waals surface area contributed by atoms with Crippen LogP contribution in [0.2, 0.25) is 0 Å². The summed E-state index contributed by atoms with van der Waals surface area (Å²) in [6.07, 6.45) is 6.08. The van der Waals surface area contributed by atoms with Crippen LogP contribution in [0.4, 0.5) is 8.78 Å². The first kappa shape index (κ1) is 52.3. The van der Waals surface area contributed by atoms with Crippen LogP contribution in [-0.4, -0.2) is 134 Å². The lowest BCUT2D eigenvalue weighted by Crippen LogP contribution is -2.61. The fourth-order valence-electron chi connectivity index (χ4n) is 9.63. The standard InChI is InChI=1S/C48H58F2N9O11P/c1-57-23-21-31-14-17-39(59(31)47(67)37(27-57)55-43(63)36-25-29-24-30(13-15-34(29)53-36)48(49,50)71(68,69)70)45(65)54-35(16-19-40(51)60)42(62)52-22-8-6-4-2-3-5-7-10-28-11-9-12-32-33(28)26-58(46(32)66)38-18-20-41(61)56-44(38)64/h9,11-13,15,24-25,31,35,37-39,53H,2-6,8,14,16-23,26-27H2,1H3,(H2,51,60)(H,52,62)(H,54,65)(H,55,63)(H,56,61,64)(H2,68,69,70)/t31-,35+,37+,38?,39+/m1/s1. The number of nitrogens with zero attached hydrogens (tertiary/aromatic N) is 3. The molecule has 20 nitrogen and oxygen atoms in total. The lowest BCUT2D eigenvalue weighted by atomic mass is 10.0. The number of nitrogens with two attached hydrogens (primary N) is 1. The van der Waals surface area contributed by atoms with Crippen LogP contribution in [0, 0.1) is 11.8 Å². The number of rotatable bonds is 18. The Hall–Kier alpha value is -6.53. The van der Waals surface area contributed by atoms with Gasteiger partial charge in [0.05, 0.1) is 0 Å². The molecule has 23 heteroatoms. The van der Waals surface area contributed by atoms with Gasteiger partial charge in [-0.15, -0.1) is 0 Å². The highest BCUT2D eigenvalue weighted by atomic mass is 31.2. The second-order valence-electron chi connectivity index (χ2n) is 18.5. The van der Waals surface area contributed by atoms with Crippen LogP contribution in [-0.2, 0) is 45.5 Å². The van der Waals surface area contributed by atoms with E-state index in [1.54, 1.807) is 19.2 Å². The predicted molar refractivity (Wildman–Crippen MR) is 252 cm³/mol. The molecule has 5 heterocycles. The average molecular weight is 1010 g/mol. The Bertz CT molecular complexity index is 2720. The summed E-state index contributed by atoms with van der Waals surface area (Å²) in [6.45, 7) is 1.13. The number of imide groups is 1. The topological polar surface area (TPSA) is 294 Å². The number of H-pyrrole nitrogens is 1. The van der Waals surface area contributed by atoms with Gasteiger partial charge in [-0.25, -0.2) is 0 Å². The molecule has 71 heavy (non-hydrogen) atoms. The Kier molecular flexibility index (Phi) is 16.4. The molecule has 0 aliphatic carbocycles. The molecule has 1 aromatic heterocycles. The van der Waals surface area contributed by atoms with Gasteiger partial charge < -0.3 is 51.2 Å². The largest absolute Gasteiger partial charge is 0.399 e. The van der Waals surface area contributed by atoms with E-state index in [1.807, 2.05) is 11.0 Å². The van der Waals surface area contributed by atoms with E-state index in [2.05, 4.69) is 38.1 Å². The molecule has 3 aromatic rings. The van der Waals surface area contributed by atoms with E-state index in [0.29, 0.717) is 44.3 Å². The number of likely N-dealkylation sites (N-methyl/N-ethyl adjacent to an activating group) is 1. The van der Waals surface area contributed by atoms with Crippen LogP contribution >= 0.6 is 7.60 Å². The lowest BCUT2D eigenvalue weighted by Gasteiger charge is -2.37. The molecule has 4 aliphatic rings. The monoisotopic (exact) mass is 1010 g/mol. The zero-order valence-electron chi connectivity index (χ0n) is 39.1. The fraction of sp³-hybridized carbons (Fsp3) is 0.500. The van der Waals surface area contributed by atoms with E-state index in [4.69, 9.17) is 5.73 Å². The van der Waals surface area contributed by atoms with Gasteiger partial charge in [0.2, 0.25) is 35.4 Å². The maximum Gasteiger partial charge on any atom is 0.399 e. The third-order valence-electron chi connectivity index (χ3n) is 13.5. The van der Waals surface area contributed by atoms with E-state index >= 15 is 0 Å². The van der Waals surface area contributed by atoms with E-state index in [9.17, 15) is 61.5 Å². The number of aromatic nitrogens is 1. The molecule has 380 valence electrons. The van der Waals surface area contributed by atoms with Gasteiger partial charge in [0.15, 0.2) is 0 Å². The highest BCUT2D eigenvalue weighted by Gasteiger charge is 2.51. The van der Waals surface area contributed by atoms with Crippen molar-refractivity contribution in [3.63, 3.8) is 0 Å². The van der Waals surface area contributed by atoms with Crippen molar-refractivity contribution in [2.24, 2.45) is 5.73 Å².